The summed E-state index contributed by atoms with van der Waals surface area (Å²) in [4.78, 5) is 14.2. The van der Waals surface area contributed by atoms with E-state index >= 15 is 0 Å². The molecule has 0 spiro atoms. The second kappa shape index (κ2) is 16.3. The smallest absolute Gasteiger partial charge is 0.308 e. The topological polar surface area (TPSA) is 29.5 Å². The molecule has 0 bridgehead atoms. The van der Waals surface area contributed by atoms with E-state index in [-0.39, 0.29) is 11.9 Å². The van der Waals surface area contributed by atoms with Crippen LogP contribution in [0.4, 0.5) is 0 Å². The highest BCUT2D eigenvalue weighted by Gasteiger charge is 2.18. The Morgan fingerprint density at radius 3 is 1.87 bits per heavy atom. The summed E-state index contributed by atoms with van der Waals surface area (Å²) in [6.45, 7) is 5.71. The molecular weight excluding hydrogens is 286 g/mol. The molecule has 1 unspecified atom stereocenters. The van der Waals surface area contributed by atoms with Gasteiger partial charge in [-0.3, -0.25) is 4.79 Å². The number of unbranched alkanes of at least 4 members (excludes halogenated alkanes) is 8. The first-order valence-corrected chi connectivity index (χ1v) is 9.93. The zero-order valence-electron chi connectivity index (χ0n) is 16.2. The van der Waals surface area contributed by atoms with Crippen LogP contribution < -0.4 is 0 Å². The van der Waals surface area contributed by atoms with Crippen LogP contribution in [-0.4, -0.2) is 38.1 Å². The molecule has 0 saturated heterocycles. The number of hydrogen-bond donors (Lipinski definition) is 0. The van der Waals surface area contributed by atoms with E-state index in [1.807, 2.05) is 6.92 Å². The maximum atomic E-state index is 12.0. The molecule has 23 heavy (non-hydrogen) atoms. The molecule has 138 valence electrons. The second-order valence-electron chi connectivity index (χ2n) is 7.01. The Balaban J connectivity index is 3.75. The molecule has 0 aliphatic carbocycles. The number of rotatable bonds is 16. The third-order valence-electron chi connectivity index (χ3n) is 4.43. The van der Waals surface area contributed by atoms with E-state index in [1.165, 1.54) is 57.8 Å². The average Bonchev–Trinajstić information content (AvgIpc) is 2.51. The van der Waals surface area contributed by atoms with Gasteiger partial charge in [-0.1, -0.05) is 64.7 Å². The van der Waals surface area contributed by atoms with Crippen LogP contribution >= 0.6 is 0 Å². The summed E-state index contributed by atoms with van der Waals surface area (Å²) < 4.78 is 5.24. The monoisotopic (exact) mass is 327 g/mol. The van der Waals surface area contributed by atoms with E-state index in [9.17, 15) is 4.79 Å². The molecule has 0 fully saturated rings. The Morgan fingerprint density at radius 2 is 1.35 bits per heavy atom. The summed E-state index contributed by atoms with van der Waals surface area (Å²) >= 11 is 0. The van der Waals surface area contributed by atoms with Crippen molar-refractivity contribution in [3.63, 3.8) is 0 Å². The Hall–Kier alpha value is -0.570. The van der Waals surface area contributed by atoms with Gasteiger partial charge < -0.3 is 9.64 Å². The van der Waals surface area contributed by atoms with Gasteiger partial charge in [-0.25, -0.2) is 0 Å². The Labute approximate surface area is 145 Å². The molecule has 0 aliphatic rings. The van der Waals surface area contributed by atoms with Crippen molar-refractivity contribution in [2.45, 2.75) is 90.9 Å². The first kappa shape index (κ1) is 22.4. The lowest BCUT2D eigenvalue weighted by Crippen LogP contribution is -2.20. The van der Waals surface area contributed by atoms with Crippen molar-refractivity contribution in [1.82, 2.24) is 4.90 Å². The van der Waals surface area contributed by atoms with E-state index in [4.69, 9.17) is 4.74 Å². The number of nitrogens with zero attached hydrogens (tertiary/aromatic N) is 1. The van der Waals surface area contributed by atoms with Crippen molar-refractivity contribution in [1.29, 1.82) is 0 Å². The van der Waals surface area contributed by atoms with Crippen LogP contribution in [0.2, 0.25) is 0 Å². The molecular formula is C20H41NO2. The van der Waals surface area contributed by atoms with Gasteiger partial charge in [-0.15, -0.1) is 0 Å². The minimum atomic E-state index is 0.0193. The highest BCUT2D eigenvalue weighted by atomic mass is 16.5. The maximum absolute atomic E-state index is 12.0. The number of carbonyl (C=O) groups excluding carboxylic acids is 1. The van der Waals surface area contributed by atoms with Gasteiger partial charge in [-0.05, 0) is 46.8 Å². The van der Waals surface area contributed by atoms with Crippen molar-refractivity contribution >= 4 is 5.97 Å². The van der Waals surface area contributed by atoms with E-state index in [0.717, 1.165) is 25.8 Å². The third kappa shape index (κ3) is 14.7. The summed E-state index contributed by atoms with van der Waals surface area (Å²) in [6, 6.07) is 0. The van der Waals surface area contributed by atoms with Crippen molar-refractivity contribution in [2.24, 2.45) is 5.92 Å². The molecule has 1 atom stereocenters. The minimum absolute atomic E-state index is 0.0193. The summed E-state index contributed by atoms with van der Waals surface area (Å²) in [6.07, 6.45) is 15.0. The van der Waals surface area contributed by atoms with Crippen molar-refractivity contribution < 1.29 is 9.53 Å². The summed E-state index contributed by atoms with van der Waals surface area (Å²) in [5.74, 6) is 0.130. The fraction of sp³-hybridized carbons (Fsp3) is 0.950. The minimum Gasteiger partial charge on any atom is -0.466 e. The summed E-state index contributed by atoms with van der Waals surface area (Å²) in [5.41, 5.74) is 0. The van der Waals surface area contributed by atoms with Crippen LogP contribution in [0.25, 0.3) is 0 Å². The number of esters is 1. The first-order valence-electron chi connectivity index (χ1n) is 9.93. The first-order chi connectivity index (χ1) is 11.1. The van der Waals surface area contributed by atoms with E-state index in [0.29, 0.717) is 6.61 Å². The van der Waals surface area contributed by atoms with Gasteiger partial charge in [0.1, 0.15) is 0 Å². The van der Waals surface area contributed by atoms with Crippen molar-refractivity contribution in [3.8, 4) is 0 Å². The zero-order chi connectivity index (χ0) is 17.3. The highest BCUT2D eigenvalue weighted by Crippen LogP contribution is 2.19. The molecule has 0 aromatic heterocycles. The van der Waals surface area contributed by atoms with Gasteiger partial charge in [0.15, 0.2) is 0 Å². The standard InChI is InChI=1S/C20H41NO2/c1-5-7-8-9-10-11-12-13-14-16-19(20(22)23-6-2)17-15-18-21(3)4/h19H,5-18H2,1-4H3. The number of hydrogen-bond acceptors (Lipinski definition) is 3. The van der Waals surface area contributed by atoms with Crippen LogP contribution in [-0.2, 0) is 9.53 Å². The van der Waals surface area contributed by atoms with Crippen LogP contribution in [0.3, 0.4) is 0 Å². The summed E-state index contributed by atoms with van der Waals surface area (Å²) in [5, 5.41) is 0. The Kier molecular flexibility index (Phi) is 15.9. The largest absolute Gasteiger partial charge is 0.466 e. The van der Waals surface area contributed by atoms with Gasteiger partial charge >= 0.3 is 5.97 Å². The molecule has 3 nitrogen and oxygen atoms in total. The SMILES string of the molecule is CCCCCCCCCCCC(CCCN(C)C)C(=O)OCC. The molecule has 0 saturated carbocycles. The molecule has 0 amide bonds. The van der Waals surface area contributed by atoms with Crippen LogP contribution in [0.5, 0.6) is 0 Å². The molecule has 0 aromatic carbocycles. The van der Waals surface area contributed by atoms with Crippen LogP contribution in [0.1, 0.15) is 90.9 Å². The average molecular weight is 328 g/mol. The summed E-state index contributed by atoms with van der Waals surface area (Å²) in [7, 11) is 4.17. The van der Waals surface area contributed by atoms with Gasteiger partial charge in [0, 0.05) is 0 Å². The predicted octanol–water partition coefficient (Wildman–Crippen LogP) is 5.43. The molecule has 0 N–H and O–H groups in total. The highest BCUT2D eigenvalue weighted by molar-refractivity contribution is 5.72. The van der Waals surface area contributed by atoms with Crippen molar-refractivity contribution in [2.75, 3.05) is 27.2 Å². The number of ether oxygens (including phenoxy) is 1. The van der Waals surface area contributed by atoms with E-state index in [2.05, 4.69) is 25.9 Å². The van der Waals surface area contributed by atoms with Gasteiger partial charge in [0.05, 0.1) is 12.5 Å². The Morgan fingerprint density at radius 1 is 0.826 bits per heavy atom. The molecule has 0 aliphatic heterocycles. The van der Waals surface area contributed by atoms with E-state index < -0.39 is 0 Å². The molecule has 3 heteroatoms. The lowest BCUT2D eigenvalue weighted by Gasteiger charge is -2.17. The lowest BCUT2D eigenvalue weighted by atomic mass is 9.95. The fourth-order valence-corrected chi connectivity index (χ4v) is 3.00. The molecule has 0 heterocycles. The van der Waals surface area contributed by atoms with Crippen LogP contribution in [0.15, 0.2) is 0 Å². The number of carbonyl (C=O) groups is 1. The molecule has 0 rings (SSSR count). The zero-order valence-corrected chi connectivity index (χ0v) is 16.2. The van der Waals surface area contributed by atoms with Crippen molar-refractivity contribution in [3.05, 3.63) is 0 Å². The quantitative estimate of drug-likeness (QED) is 0.280. The lowest BCUT2D eigenvalue weighted by molar-refractivity contribution is -0.148. The maximum Gasteiger partial charge on any atom is 0.308 e. The van der Waals surface area contributed by atoms with Gasteiger partial charge in [0.2, 0.25) is 0 Å². The molecule has 0 aromatic rings. The normalized spacial score (nSPS) is 12.6. The van der Waals surface area contributed by atoms with Gasteiger partial charge in [-0.2, -0.15) is 0 Å². The molecule has 0 radical (unpaired) electrons. The van der Waals surface area contributed by atoms with Crippen LogP contribution in [0, 0.1) is 5.92 Å². The Bertz CT molecular complexity index is 266. The van der Waals surface area contributed by atoms with Gasteiger partial charge in [0.25, 0.3) is 0 Å². The second-order valence-corrected chi connectivity index (χ2v) is 7.01. The predicted molar refractivity (Wildman–Crippen MR) is 99.8 cm³/mol. The van der Waals surface area contributed by atoms with E-state index in [1.54, 1.807) is 0 Å². The fourth-order valence-electron chi connectivity index (χ4n) is 3.00. The third-order valence-corrected chi connectivity index (χ3v) is 4.43.